The van der Waals surface area contributed by atoms with Gasteiger partial charge >= 0.3 is 0 Å². The fourth-order valence-electron chi connectivity index (χ4n) is 5.61. The number of hydrogen-bond acceptors (Lipinski definition) is 11. The maximum atomic E-state index is 13.1. The minimum absolute atomic E-state index is 0.0691. The van der Waals surface area contributed by atoms with Gasteiger partial charge in [-0.05, 0) is 50.7 Å². The fourth-order valence-corrected chi connectivity index (χ4v) is 5.61. The zero-order valence-corrected chi connectivity index (χ0v) is 26.4. The number of carbonyl (C=O) groups is 5. The Kier molecular flexibility index (Phi) is 13.8. The molecule has 14 heteroatoms. The Bertz CT molecular complexity index is 1260. The predicted octanol–water partition coefficient (Wildman–Crippen LogP) is 1.12. The number of nitrogens with zero attached hydrogens (tertiary/aromatic N) is 2. The van der Waals surface area contributed by atoms with Gasteiger partial charge in [0.25, 0.3) is 11.8 Å². The Morgan fingerprint density at radius 2 is 1.61 bits per heavy atom. The third-order valence-electron chi connectivity index (χ3n) is 8.02. The second kappa shape index (κ2) is 18.2. The van der Waals surface area contributed by atoms with Gasteiger partial charge in [-0.15, -0.1) is 0 Å². The van der Waals surface area contributed by atoms with Crippen molar-refractivity contribution < 1.29 is 38.2 Å². The van der Waals surface area contributed by atoms with Gasteiger partial charge < -0.3 is 35.5 Å². The van der Waals surface area contributed by atoms with Gasteiger partial charge in [-0.3, -0.25) is 34.2 Å². The van der Waals surface area contributed by atoms with E-state index in [1.165, 1.54) is 6.42 Å². The van der Waals surface area contributed by atoms with Crippen molar-refractivity contribution in [3.63, 3.8) is 0 Å². The highest BCUT2D eigenvalue weighted by molar-refractivity contribution is 6.25. The first-order valence-electron chi connectivity index (χ1n) is 16.1. The molecule has 0 aliphatic carbocycles. The van der Waals surface area contributed by atoms with Crippen LogP contribution >= 0.6 is 0 Å². The number of amides is 5. The normalized spacial score (nSPS) is 18.5. The predicted molar refractivity (Wildman–Crippen MR) is 169 cm³/mol. The molecular formula is C32H46N6O8. The molecule has 3 aliphatic heterocycles. The molecule has 46 heavy (non-hydrogen) atoms. The van der Waals surface area contributed by atoms with Crippen LogP contribution in [0.1, 0.15) is 72.1 Å². The van der Waals surface area contributed by atoms with Crippen molar-refractivity contribution in [2.75, 3.05) is 71.1 Å². The third-order valence-corrected chi connectivity index (χ3v) is 8.02. The lowest BCUT2D eigenvalue weighted by molar-refractivity contribution is -0.136. The zero-order valence-electron chi connectivity index (χ0n) is 26.4. The van der Waals surface area contributed by atoms with Gasteiger partial charge in [-0.25, -0.2) is 0 Å². The molecule has 2 fully saturated rings. The second-order valence-corrected chi connectivity index (χ2v) is 11.4. The van der Waals surface area contributed by atoms with Gasteiger partial charge in [0.2, 0.25) is 17.7 Å². The summed E-state index contributed by atoms with van der Waals surface area (Å²) >= 11 is 0. The Morgan fingerprint density at radius 3 is 2.33 bits per heavy atom. The number of allylic oxidation sites excluding steroid dienone is 1. The van der Waals surface area contributed by atoms with Gasteiger partial charge in [-0.2, -0.15) is 0 Å². The van der Waals surface area contributed by atoms with E-state index < -0.39 is 29.7 Å². The van der Waals surface area contributed by atoms with E-state index in [0.717, 1.165) is 42.9 Å². The monoisotopic (exact) mass is 642 g/mol. The summed E-state index contributed by atoms with van der Waals surface area (Å²) in [4.78, 5) is 64.9. The van der Waals surface area contributed by atoms with Crippen molar-refractivity contribution in [1.82, 2.24) is 20.4 Å². The molecular weight excluding hydrogens is 596 g/mol. The number of rotatable bonds is 19. The van der Waals surface area contributed by atoms with Crippen molar-refractivity contribution >= 4 is 35.2 Å². The fraction of sp³-hybridized carbons (Fsp3) is 0.594. The molecule has 14 nitrogen and oxygen atoms in total. The number of nitrogens with one attached hydrogen (secondary N) is 3. The van der Waals surface area contributed by atoms with Crippen molar-refractivity contribution in [2.45, 2.75) is 57.4 Å². The molecule has 5 amide bonds. The Hall–Kier alpha value is -4.01. The summed E-state index contributed by atoms with van der Waals surface area (Å²) in [5.74, 6) is -1.93. The molecule has 4 rings (SSSR count). The van der Waals surface area contributed by atoms with E-state index in [0.29, 0.717) is 71.3 Å². The lowest BCUT2D eigenvalue weighted by Gasteiger charge is -2.27. The van der Waals surface area contributed by atoms with Gasteiger partial charge in [-0.1, -0.05) is 6.07 Å². The average Bonchev–Trinajstić information content (AvgIpc) is 3.31. The van der Waals surface area contributed by atoms with E-state index in [9.17, 15) is 24.0 Å². The highest BCUT2D eigenvalue weighted by Gasteiger charge is 2.45. The van der Waals surface area contributed by atoms with E-state index in [2.05, 4.69) is 16.0 Å². The molecule has 0 radical (unpaired) electrons. The number of likely N-dealkylation sites (tertiary alicyclic amines) is 1. The summed E-state index contributed by atoms with van der Waals surface area (Å²) in [7, 11) is 0. The van der Waals surface area contributed by atoms with Crippen LogP contribution in [0.5, 0.6) is 0 Å². The van der Waals surface area contributed by atoms with Crippen LogP contribution in [0.3, 0.4) is 0 Å². The Balaban J connectivity index is 0.992. The van der Waals surface area contributed by atoms with E-state index in [-0.39, 0.29) is 29.9 Å². The first-order valence-corrected chi connectivity index (χ1v) is 16.1. The Morgan fingerprint density at radius 1 is 0.913 bits per heavy atom. The maximum absolute atomic E-state index is 13.1. The van der Waals surface area contributed by atoms with Crippen molar-refractivity contribution in [1.29, 1.82) is 0 Å². The largest absolute Gasteiger partial charge is 0.401 e. The summed E-state index contributed by atoms with van der Waals surface area (Å²) in [5.41, 5.74) is 7.66. The minimum Gasteiger partial charge on any atom is -0.401 e. The molecule has 252 valence electrons. The number of benzene rings is 1. The lowest BCUT2D eigenvalue weighted by Crippen LogP contribution is -2.54. The number of nitrogens with two attached hydrogens (primary N) is 1. The number of carbonyl (C=O) groups excluding carboxylic acids is 5. The summed E-state index contributed by atoms with van der Waals surface area (Å²) < 4.78 is 16.7. The van der Waals surface area contributed by atoms with Gasteiger partial charge in [0, 0.05) is 56.6 Å². The van der Waals surface area contributed by atoms with E-state index >= 15 is 0 Å². The molecule has 5 N–H and O–H groups in total. The van der Waals surface area contributed by atoms with Crippen LogP contribution in [0, 0.1) is 0 Å². The van der Waals surface area contributed by atoms with Crippen LogP contribution in [-0.2, 0) is 28.6 Å². The molecule has 3 aliphatic rings. The zero-order chi connectivity index (χ0) is 32.7. The topological polar surface area (TPSA) is 182 Å². The molecule has 1 atom stereocenters. The van der Waals surface area contributed by atoms with Crippen molar-refractivity contribution in [3.05, 3.63) is 41.2 Å². The summed E-state index contributed by atoms with van der Waals surface area (Å²) in [6.45, 7) is 5.28. The first kappa shape index (κ1) is 34.9. The SMILES string of the molecule is N/C(=C\NCCOCCOCCOCCNc1cccc2c1C(=O)N(C1CCC(=O)NC1=O)C2=O)CCCC(=O)N1CCCCC1. The lowest BCUT2D eigenvalue weighted by atomic mass is 10.0. The summed E-state index contributed by atoms with van der Waals surface area (Å²) in [5, 5.41) is 8.46. The number of imide groups is 2. The van der Waals surface area contributed by atoms with Crippen LogP contribution in [0.15, 0.2) is 30.1 Å². The summed E-state index contributed by atoms with van der Waals surface area (Å²) in [6.07, 6.45) is 7.34. The Labute approximate surface area is 269 Å². The standard InChI is InChI=1S/C32H46N6O8/c33-23(6-4-9-28(40)37-14-2-1-3-15-37)22-34-12-16-44-18-20-46-21-19-45-17-13-35-25-8-5-7-24-29(25)32(43)38(31(24)42)26-10-11-27(39)36-30(26)41/h5,7-8,22,26,34-35H,1-4,6,9-21,33H2,(H,36,39,41)/b23-22-. The van der Waals surface area contributed by atoms with Crippen LogP contribution in [0.4, 0.5) is 5.69 Å². The van der Waals surface area contributed by atoms with Crippen molar-refractivity contribution in [3.8, 4) is 0 Å². The number of hydrogen-bond donors (Lipinski definition) is 4. The first-order chi connectivity index (χ1) is 22.4. The highest BCUT2D eigenvalue weighted by Crippen LogP contribution is 2.32. The number of piperidine rings is 2. The van der Waals surface area contributed by atoms with Crippen LogP contribution in [0.2, 0.25) is 0 Å². The van der Waals surface area contributed by atoms with E-state index in [1.807, 2.05) is 4.90 Å². The van der Waals surface area contributed by atoms with Crippen LogP contribution < -0.4 is 21.7 Å². The third kappa shape index (κ3) is 9.99. The molecule has 1 aromatic rings. The molecule has 1 aromatic carbocycles. The average molecular weight is 643 g/mol. The maximum Gasteiger partial charge on any atom is 0.264 e. The van der Waals surface area contributed by atoms with Gasteiger partial charge in [0.15, 0.2) is 0 Å². The number of ether oxygens (including phenoxy) is 3. The smallest absolute Gasteiger partial charge is 0.264 e. The van der Waals surface area contributed by atoms with Crippen molar-refractivity contribution in [2.24, 2.45) is 5.73 Å². The van der Waals surface area contributed by atoms with E-state index in [1.54, 1.807) is 24.4 Å². The molecule has 1 unspecified atom stereocenters. The van der Waals surface area contributed by atoms with E-state index in [4.69, 9.17) is 19.9 Å². The minimum atomic E-state index is -1.01. The summed E-state index contributed by atoms with van der Waals surface area (Å²) in [6, 6.07) is 3.91. The molecule has 3 heterocycles. The molecule has 2 saturated heterocycles. The highest BCUT2D eigenvalue weighted by atomic mass is 16.5. The number of fused-ring (bicyclic) bond motifs is 1. The van der Waals surface area contributed by atoms with Crippen LogP contribution in [0.25, 0.3) is 0 Å². The van der Waals surface area contributed by atoms with Gasteiger partial charge in [0.1, 0.15) is 6.04 Å². The quantitative estimate of drug-likeness (QED) is 0.125. The molecule has 0 spiro atoms. The van der Waals surface area contributed by atoms with Gasteiger partial charge in [0.05, 0.1) is 50.8 Å². The second-order valence-electron chi connectivity index (χ2n) is 11.4. The molecule has 0 saturated carbocycles. The van der Waals surface area contributed by atoms with Crippen LogP contribution in [-0.4, -0.2) is 111 Å². The number of anilines is 1. The molecule has 0 bridgehead atoms. The molecule has 0 aromatic heterocycles.